The van der Waals surface area contributed by atoms with Gasteiger partial charge in [-0.05, 0) is 11.6 Å². The van der Waals surface area contributed by atoms with Crippen LogP contribution in [0.2, 0.25) is 0 Å². The van der Waals surface area contributed by atoms with E-state index in [1.807, 2.05) is 18.3 Å². The number of pyridine rings is 1. The summed E-state index contributed by atoms with van der Waals surface area (Å²) in [5, 5.41) is 3.14. The van der Waals surface area contributed by atoms with Gasteiger partial charge in [-0.3, -0.25) is 4.98 Å². The molecule has 2 heterocycles. The zero-order valence-electron chi connectivity index (χ0n) is 6.84. The van der Waals surface area contributed by atoms with Gasteiger partial charge in [-0.15, -0.1) is 0 Å². The predicted molar refractivity (Wildman–Crippen MR) is 51.5 cm³/mol. The fourth-order valence-corrected chi connectivity index (χ4v) is 1.33. The van der Waals surface area contributed by atoms with E-state index in [0.29, 0.717) is 0 Å². The third-order valence-electron chi connectivity index (χ3n) is 1.56. The first-order valence-corrected chi connectivity index (χ1v) is 4.58. The summed E-state index contributed by atoms with van der Waals surface area (Å²) in [7, 11) is 0. The van der Waals surface area contributed by atoms with E-state index in [1.165, 1.54) is 11.7 Å². The minimum Gasteiger partial charge on any atom is -0.364 e. The fourth-order valence-electron chi connectivity index (χ4n) is 0.938. The van der Waals surface area contributed by atoms with Crippen LogP contribution < -0.4 is 5.32 Å². The van der Waals surface area contributed by atoms with Gasteiger partial charge in [0.1, 0.15) is 0 Å². The first-order chi connectivity index (χ1) is 6.45. The van der Waals surface area contributed by atoms with E-state index in [-0.39, 0.29) is 0 Å². The van der Waals surface area contributed by atoms with Crippen LogP contribution >= 0.6 is 11.7 Å². The lowest BCUT2D eigenvalue weighted by atomic mass is 10.3. The molecule has 0 atom stereocenters. The van der Waals surface area contributed by atoms with Crippen LogP contribution in [0.15, 0.2) is 30.7 Å². The van der Waals surface area contributed by atoms with Gasteiger partial charge < -0.3 is 5.32 Å². The third-order valence-corrected chi connectivity index (χ3v) is 2.04. The van der Waals surface area contributed by atoms with Gasteiger partial charge in [-0.1, -0.05) is 6.07 Å². The SMILES string of the molecule is c1cncc(CNc2cnsn2)c1. The quantitative estimate of drug-likeness (QED) is 0.801. The molecule has 2 aromatic rings. The van der Waals surface area contributed by atoms with Crippen molar-refractivity contribution in [1.29, 1.82) is 0 Å². The highest BCUT2D eigenvalue weighted by atomic mass is 32.1. The average Bonchev–Trinajstić information content (AvgIpc) is 2.69. The molecule has 0 aliphatic carbocycles. The maximum Gasteiger partial charge on any atom is 0.160 e. The van der Waals surface area contributed by atoms with Crippen molar-refractivity contribution in [1.82, 2.24) is 13.7 Å². The molecule has 4 nitrogen and oxygen atoms in total. The zero-order valence-corrected chi connectivity index (χ0v) is 7.66. The molecule has 0 spiro atoms. The van der Waals surface area contributed by atoms with Crippen LogP contribution in [0.4, 0.5) is 5.82 Å². The van der Waals surface area contributed by atoms with E-state index < -0.39 is 0 Å². The first-order valence-electron chi connectivity index (χ1n) is 3.85. The van der Waals surface area contributed by atoms with Crippen molar-refractivity contribution >= 4 is 17.5 Å². The van der Waals surface area contributed by atoms with Crippen LogP contribution in [0.5, 0.6) is 0 Å². The lowest BCUT2D eigenvalue weighted by molar-refractivity contribution is 1.10. The lowest BCUT2D eigenvalue weighted by Crippen LogP contribution is -1.99. The monoisotopic (exact) mass is 192 g/mol. The van der Waals surface area contributed by atoms with Gasteiger partial charge in [0.2, 0.25) is 0 Å². The second-order valence-corrected chi connectivity index (χ2v) is 3.06. The number of hydrogen-bond acceptors (Lipinski definition) is 5. The molecule has 0 aliphatic heterocycles. The molecule has 0 radical (unpaired) electrons. The largest absolute Gasteiger partial charge is 0.364 e. The topological polar surface area (TPSA) is 50.7 Å². The van der Waals surface area contributed by atoms with Crippen molar-refractivity contribution in [2.45, 2.75) is 6.54 Å². The van der Waals surface area contributed by atoms with Gasteiger partial charge in [-0.2, -0.15) is 8.75 Å². The Bertz CT molecular complexity index is 346. The van der Waals surface area contributed by atoms with Crippen LogP contribution in [0.3, 0.4) is 0 Å². The smallest absolute Gasteiger partial charge is 0.160 e. The Kier molecular flexibility index (Phi) is 2.47. The number of rotatable bonds is 3. The van der Waals surface area contributed by atoms with Crippen molar-refractivity contribution in [3.63, 3.8) is 0 Å². The number of nitrogens with one attached hydrogen (secondary N) is 1. The van der Waals surface area contributed by atoms with Crippen molar-refractivity contribution in [2.75, 3.05) is 5.32 Å². The third kappa shape index (κ3) is 2.22. The Morgan fingerprint density at radius 1 is 1.38 bits per heavy atom. The van der Waals surface area contributed by atoms with Gasteiger partial charge in [0.05, 0.1) is 17.9 Å². The summed E-state index contributed by atoms with van der Waals surface area (Å²) in [5.74, 6) is 0.814. The van der Waals surface area contributed by atoms with E-state index in [4.69, 9.17) is 0 Å². The highest BCUT2D eigenvalue weighted by Gasteiger charge is 1.94. The number of aromatic nitrogens is 3. The highest BCUT2D eigenvalue weighted by Crippen LogP contribution is 2.04. The summed E-state index contributed by atoms with van der Waals surface area (Å²) in [4.78, 5) is 4.01. The maximum absolute atomic E-state index is 4.03. The summed E-state index contributed by atoms with van der Waals surface area (Å²) in [6.45, 7) is 0.735. The highest BCUT2D eigenvalue weighted by molar-refractivity contribution is 6.99. The minimum absolute atomic E-state index is 0.735. The molecule has 0 saturated heterocycles. The number of hydrogen-bond donors (Lipinski definition) is 1. The summed E-state index contributed by atoms with van der Waals surface area (Å²) < 4.78 is 7.92. The summed E-state index contributed by atoms with van der Waals surface area (Å²) >= 11 is 1.20. The van der Waals surface area contributed by atoms with Crippen LogP contribution in [-0.4, -0.2) is 13.7 Å². The standard InChI is InChI=1S/C8H8N4S/c1-2-7(4-9-3-1)5-10-8-6-11-13-12-8/h1-4,6H,5H2,(H,10,12). The Hall–Kier alpha value is -1.49. The molecule has 13 heavy (non-hydrogen) atoms. The van der Waals surface area contributed by atoms with Gasteiger partial charge >= 0.3 is 0 Å². The molecule has 0 aliphatic rings. The van der Waals surface area contributed by atoms with Crippen molar-refractivity contribution < 1.29 is 0 Å². The van der Waals surface area contributed by atoms with Crippen molar-refractivity contribution in [3.8, 4) is 0 Å². The second-order valence-electron chi connectivity index (χ2n) is 2.51. The molecule has 0 amide bonds. The summed E-state index contributed by atoms with van der Waals surface area (Å²) in [5.41, 5.74) is 1.13. The van der Waals surface area contributed by atoms with E-state index in [1.54, 1.807) is 12.4 Å². The molecule has 0 unspecified atom stereocenters. The average molecular weight is 192 g/mol. The molecule has 0 bridgehead atoms. The number of anilines is 1. The van der Waals surface area contributed by atoms with Gasteiger partial charge in [0.25, 0.3) is 0 Å². The van der Waals surface area contributed by atoms with Crippen LogP contribution in [-0.2, 0) is 6.54 Å². The number of nitrogens with zero attached hydrogens (tertiary/aromatic N) is 3. The Balaban J connectivity index is 1.94. The lowest BCUT2D eigenvalue weighted by Gasteiger charge is -2.00. The molecule has 2 aromatic heterocycles. The van der Waals surface area contributed by atoms with Crippen LogP contribution in [0.1, 0.15) is 5.56 Å². The Morgan fingerprint density at radius 2 is 2.38 bits per heavy atom. The van der Waals surface area contributed by atoms with Crippen LogP contribution in [0.25, 0.3) is 0 Å². The van der Waals surface area contributed by atoms with E-state index in [9.17, 15) is 0 Å². The Morgan fingerprint density at radius 3 is 3.08 bits per heavy atom. The molecular weight excluding hydrogens is 184 g/mol. The molecule has 1 N–H and O–H groups in total. The summed E-state index contributed by atoms with van der Waals surface area (Å²) in [6.07, 6.45) is 5.29. The molecule has 0 fully saturated rings. The predicted octanol–water partition coefficient (Wildman–Crippen LogP) is 1.55. The second kappa shape index (κ2) is 3.95. The normalized spacial score (nSPS) is 9.85. The van der Waals surface area contributed by atoms with Crippen molar-refractivity contribution in [3.05, 3.63) is 36.3 Å². The molecule has 0 saturated carbocycles. The van der Waals surface area contributed by atoms with E-state index >= 15 is 0 Å². The van der Waals surface area contributed by atoms with Crippen LogP contribution in [0, 0.1) is 0 Å². The minimum atomic E-state index is 0.735. The molecule has 5 heteroatoms. The van der Waals surface area contributed by atoms with Gasteiger partial charge in [0, 0.05) is 18.9 Å². The van der Waals surface area contributed by atoms with E-state index in [0.717, 1.165) is 17.9 Å². The van der Waals surface area contributed by atoms with E-state index in [2.05, 4.69) is 19.0 Å². The maximum atomic E-state index is 4.03. The zero-order chi connectivity index (χ0) is 8.93. The van der Waals surface area contributed by atoms with Gasteiger partial charge in [0.15, 0.2) is 5.82 Å². The molecular formula is C8H8N4S. The molecule has 2 rings (SSSR count). The molecule has 66 valence electrons. The fraction of sp³-hybridized carbons (Fsp3) is 0.125. The summed E-state index contributed by atoms with van der Waals surface area (Å²) in [6, 6.07) is 3.93. The Labute approximate surface area is 80.0 Å². The van der Waals surface area contributed by atoms with Gasteiger partial charge in [-0.25, -0.2) is 0 Å². The molecule has 0 aromatic carbocycles. The first kappa shape index (κ1) is 8.12. The van der Waals surface area contributed by atoms with Crippen molar-refractivity contribution in [2.24, 2.45) is 0 Å².